The number of hydrogen-bond acceptors (Lipinski definition) is 5. The average molecular weight is 412 g/mol. The first kappa shape index (κ1) is 20.4. The summed E-state index contributed by atoms with van der Waals surface area (Å²) in [6.07, 6.45) is 3.43. The van der Waals surface area contributed by atoms with Gasteiger partial charge in [0.05, 0.1) is 19.3 Å². The maximum atomic E-state index is 12.9. The predicted octanol–water partition coefficient (Wildman–Crippen LogP) is 1.86. The van der Waals surface area contributed by atoms with E-state index in [0.29, 0.717) is 44.1 Å². The lowest BCUT2D eigenvalue weighted by Crippen LogP contribution is -2.52. The fraction of sp³-hybridized carbons (Fsp3) is 0.500. The van der Waals surface area contributed by atoms with E-state index in [1.54, 1.807) is 13.2 Å². The predicted molar refractivity (Wildman–Crippen MR) is 113 cm³/mol. The second-order valence-electron chi connectivity index (χ2n) is 7.91. The number of ether oxygens (including phenoxy) is 1. The highest BCUT2D eigenvalue weighted by molar-refractivity contribution is 5.93. The quantitative estimate of drug-likeness (QED) is 0.812. The van der Waals surface area contributed by atoms with Crippen molar-refractivity contribution in [2.75, 3.05) is 52.9 Å². The molecule has 8 heteroatoms. The van der Waals surface area contributed by atoms with E-state index in [9.17, 15) is 9.59 Å². The first-order chi connectivity index (χ1) is 14.6. The zero-order chi connectivity index (χ0) is 20.9. The fourth-order valence-electron chi connectivity index (χ4n) is 4.08. The molecular weight excluding hydrogens is 382 g/mol. The van der Waals surface area contributed by atoms with Gasteiger partial charge in [-0.1, -0.05) is 12.1 Å². The number of amides is 2. The Labute approximate surface area is 176 Å². The minimum Gasteiger partial charge on any atom is -0.497 e. The van der Waals surface area contributed by atoms with Gasteiger partial charge in [0.2, 0.25) is 5.91 Å². The SMILES string of the molecule is COc1cccc(-c2cc(C(=O)N3CCN(CC(=O)N4CCCCC4)CC3)[nH]n2)c1. The average Bonchev–Trinajstić information content (AvgIpc) is 3.30. The molecule has 1 N–H and O–H groups in total. The van der Waals surface area contributed by atoms with Gasteiger partial charge in [0.1, 0.15) is 11.4 Å². The molecule has 8 nitrogen and oxygen atoms in total. The van der Waals surface area contributed by atoms with Gasteiger partial charge in [-0.15, -0.1) is 0 Å². The molecule has 2 aromatic rings. The number of piperidine rings is 1. The van der Waals surface area contributed by atoms with E-state index in [0.717, 1.165) is 37.2 Å². The maximum absolute atomic E-state index is 12.9. The van der Waals surface area contributed by atoms with Gasteiger partial charge in [-0.2, -0.15) is 5.10 Å². The molecule has 2 aliphatic heterocycles. The second kappa shape index (κ2) is 9.30. The highest BCUT2D eigenvalue weighted by atomic mass is 16.5. The van der Waals surface area contributed by atoms with E-state index < -0.39 is 0 Å². The number of nitrogens with zero attached hydrogens (tertiary/aromatic N) is 4. The first-order valence-electron chi connectivity index (χ1n) is 10.6. The third kappa shape index (κ3) is 4.64. The maximum Gasteiger partial charge on any atom is 0.271 e. The molecular formula is C22H29N5O3. The second-order valence-corrected chi connectivity index (χ2v) is 7.91. The largest absolute Gasteiger partial charge is 0.497 e. The Balaban J connectivity index is 1.31. The molecule has 2 aliphatic rings. The van der Waals surface area contributed by atoms with Crippen molar-refractivity contribution in [2.24, 2.45) is 0 Å². The van der Waals surface area contributed by atoms with E-state index in [1.165, 1.54) is 6.42 Å². The van der Waals surface area contributed by atoms with Crippen LogP contribution in [0.25, 0.3) is 11.3 Å². The Morgan fingerprint density at radius 2 is 1.77 bits per heavy atom. The van der Waals surface area contributed by atoms with E-state index in [-0.39, 0.29) is 11.8 Å². The number of carbonyl (C=O) groups excluding carboxylic acids is 2. The molecule has 0 aliphatic carbocycles. The van der Waals surface area contributed by atoms with Crippen LogP contribution in [0.4, 0.5) is 0 Å². The minimum absolute atomic E-state index is 0.0568. The van der Waals surface area contributed by atoms with Gasteiger partial charge < -0.3 is 14.5 Å². The first-order valence-corrected chi connectivity index (χ1v) is 10.6. The number of H-pyrrole nitrogens is 1. The van der Waals surface area contributed by atoms with Gasteiger partial charge >= 0.3 is 0 Å². The number of methoxy groups -OCH3 is 1. The van der Waals surface area contributed by atoms with Crippen LogP contribution in [0, 0.1) is 0 Å². The van der Waals surface area contributed by atoms with Crippen LogP contribution in [0.2, 0.25) is 0 Å². The number of benzene rings is 1. The van der Waals surface area contributed by atoms with Gasteiger partial charge in [-0.25, -0.2) is 0 Å². The zero-order valence-corrected chi connectivity index (χ0v) is 17.5. The summed E-state index contributed by atoms with van der Waals surface area (Å²) < 4.78 is 5.26. The van der Waals surface area contributed by atoms with Crippen molar-refractivity contribution in [2.45, 2.75) is 19.3 Å². The fourth-order valence-corrected chi connectivity index (χ4v) is 4.08. The third-order valence-corrected chi connectivity index (χ3v) is 5.90. The normalized spacial score (nSPS) is 17.8. The lowest BCUT2D eigenvalue weighted by atomic mass is 10.1. The minimum atomic E-state index is -0.0568. The van der Waals surface area contributed by atoms with Crippen molar-refractivity contribution >= 4 is 11.8 Å². The van der Waals surface area contributed by atoms with Crippen LogP contribution in [0.1, 0.15) is 29.8 Å². The zero-order valence-electron chi connectivity index (χ0n) is 17.5. The number of carbonyl (C=O) groups is 2. The van der Waals surface area contributed by atoms with Crippen LogP contribution >= 0.6 is 0 Å². The number of nitrogens with one attached hydrogen (secondary N) is 1. The van der Waals surface area contributed by atoms with Crippen LogP contribution in [-0.2, 0) is 4.79 Å². The number of aromatic amines is 1. The van der Waals surface area contributed by atoms with Gasteiger partial charge in [-0.3, -0.25) is 19.6 Å². The summed E-state index contributed by atoms with van der Waals surface area (Å²) in [5.74, 6) is 0.906. The van der Waals surface area contributed by atoms with Gasteiger partial charge in [0.25, 0.3) is 5.91 Å². The van der Waals surface area contributed by atoms with Crippen molar-refractivity contribution < 1.29 is 14.3 Å². The summed E-state index contributed by atoms with van der Waals surface area (Å²) in [6, 6.07) is 9.38. The Morgan fingerprint density at radius 3 is 2.50 bits per heavy atom. The topological polar surface area (TPSA) is 81.8 Å². The van der Waals surface area contributed by atoms with E-state index in [2.05, 4.69) is 15.1 Å². The summed E-state index contributed by atoms with van der Waals surface area (Å²) in [5, 5.41) is 7.16. The lowest BCUT2D eigenvalue weighted by Gasteiger charge is -2.35. The van der Waals surface area contributed by atoms with Crippen LogP contribution in [-0.4, -0.2) is 89.6 Å². The highest BCUT2D eigenvalue weighted by Gasteiger charge is 2.26. The molecule has 1 aromatic carbocycles. The third-order valence-electron chi connectivity index (χ3n) is 5.90. The van der Waals surface area contributed by atoms with Gasteiger partial charge in [0.15, 0.2) is 0 Å². The summed E-state index contributed by atoms with van der Waals surface area (Å²) in [7, 11) is 1.62. The van der Waals surface area contributed by atoms with E-state index >= 15 is 0 Å². The summed E-state index contributed by atoms with van der Waals surface area (Å²) >= 11 is 0. The van der Waals surface area contributed by atoms with Crippen molar-refractivity contribution in [1.29, 1.82) is 0 Å². The Hall–Kier alpha value is -2.87. The van der Waals surface area contributed by atoms with Crippen LogP contribution in [0.15, 0.2) is 30.3 Å². The molecule has 0 saturated carbocycles. The molecule has 0 radical (unpaired) electrons. The summed E-state index contributed by atoms with van der Waals surface area (Å²) in [4.78, 5) is 31.3. The molecule has 0 spiro atoms. The smallest absolute Gasteiger partial charge is 0.271 e. The Morgan fingerprint density at radius 1 is 1.00 bits per heavy atom. The van der Waals surface area contributed by atoms with Crippen LogP contribution < -0.4 is 4.74 Å². The molecule has 1 aromatic heterocycles. The number of likely N-dealkylation sites (tertiary alicyclic amines) is 1. The van der Waals surface area contributed by atoms with E-state index in [4.69, 9.17) is 4.74 Å². The standard InChI is InChI=1S/C22H29N5O3/c1-30-18-7-5-6-17(14-18)19-15-20(24-23-19)22(29)27-12-10-25(11-13-27)16-21(28)26-8-3-2-4-9-26/h5-7,14-15H,2-4,8-13,16H2,1H3,(H,23,24). The van der Waals surface area contributed by atoms with Gasteiger partial charge in [0, 0.05) is 44.8 Å². The molecule has 30 heavy (non-hydrogen) atoms. The Bertz CT molecular complexity index is 882. The van der Waals surface area contributed by atoms with Crippen molar-refractivity contribution in [3.05, 3.63) is 36.0 Å². The summed E-state index contributed by atoms with van der Waals surface area (Å²) in [6.45, 7) is 4.86. The highest BCUT2D eigenvalue weighted by Crippen LogP contribution is 2.23. The van der Waals surface area contributed by atoms with Crippen LogP contribution in [0.3, 0.4) is 0 Å². The molecule has 0 bridgehead atoms. The van der Waals surface area contributed by atoms with E-state index in [1.807, 2.05) is 34.1 Å². The Kier molecular flexibility index (Phi) is 6.32. The van der Waals surface area contributed by atoms with Gasteiger partial charge in [-0.05, 0) is 37.5 Å². The van der Waals surface area contributed by atoms with Crippen molar-refractivity contribution in [3.8, 4) is 17.0 Å². The lowest BCUT2D eigenvalue weighted by molar-refractivity contribution is -0.133. The molecule has 2 amide bonds. The molecule has 0 unspecified atom stereocenters. The molecule has 4 rings (SSSR count). The molecule has 2 fully saturated rings. The number of piperazine rings is 1. The monoisotopic (exact) mass is 411 g/mol. The molecule has 3 heterocycles. The van der Waals surface area contributed by atoms with Crippen molar-refractivity contribution in [3.63, 3.8) is 0 Å². The number of hydrogen-bond donors (Lipinski definition) is 1. The number of aromatic nitrogens is 2. The molecule has 160 valence electrons. The molecule has 2 saturated heterocycles. The van der Waals surface area contributed by atoms with Crippen molar-refractivity contribution in [1.82, 2.24) is 24.9 Å². The molecule has 0 atom stereocenters. The van der Waals surface area contributed by atoms with Crippen LogP contribution in [0.5, 0.6) is 5.75 Å². The summed E-state index contributed by atoms with van der Waals surface area (Å²) in [5.41, 5.74) is 2.08. The number of rotatable bonds is 5.